The van der Waals surface area contributed by atoms with Crippen molar-refractivity contribution in [3.05, 3.63) is 35.9 Å². The first-order chi connectivity index (χ1) is 21.4. The number of benzene rings is 1. The molecule has 0 heterocycles. The Morgan fingerprint density at radius 2 is 1.38 bits per heavy atom. The number of hydrogen-bond acceptors (Lipinski definition) is 9. The number of amides is 5. The average molecular weight is 634 g/mol. The van der Waals surface area contributed by atoms with Crippen molar-refractivity contribution in [2.45, 2.75) is 65.0 Å². The van der Waals surface area contributed by atoms with Gasteiger partial charge in [-0.3, -0.25) is 28.8 Å². The average Bonchev–Trinajstić information content (AvgIpc) is 3.79. The van der Waals surface area contributed by atoms with Crippen LogP contribution in [-0.2, 0) is 49.4 Å². The van der Waals surface area contributed by atoms with Crippen LogP contribution >= 0.6 is 0 Å². The maximum absolute atomic E-state index is 13.0. The summed E-state index contributed by atoms with van der Waals surface area (Å²) >= 11 is 0. The number of carbonyl (C=O) groups is 6. The zero-order valence-electron chi connectivity index (χ0n) is 26.6. The molecule has 1 aromatic rings. The van der Waals surface area contributed by atoms with Gasteiger partial charge in [0, 0.05) is 18.4 Å². The van der Waals surface area contributed by atoms with E-state index in [9.17, 15) is 28.8 Å². The van der Waals surface area contributed by atoms with Crippen LogP contribution in [0.1, 0.15) is 52.5 Å². The molecule has 1 aliphatic rings. The summed E-state index contributed by atoms with van der Waals surface area (Å²) in [6, 6.07) is 7.92. The molecule has 1 aliphatic carbocycles. The summed E-state index contributed by atoms with van der Waals surface area (Å²) in [4.78, 5) is 74.4. The number of Topliss-reactive ketones (excluding diaryl/α,β-unsaturated/α-hetero) is 1. The number of ether oxygens (including phenoxy) is 3. The van der Waals surface area contributed by atoms with Crippen molar-refractivity contribution in [3.63, 3.8) is 0 Å². The molecule has 0 spiro atoms. The van der Waals surface area contributed by atoms with E-state index >= 15 is 0 Å². The van der Waals surface area contributed by atoms with Crippen LogP contribution in [0.15, 0.2) is 30.3 Å². The Bertz CT molecular complexity index is 1150. The molecule has 1 fully saturated rings. The van der Waals surface area contributed by atoms with Crippen molar-refractivity contribution in [2.75, 3.05) is 52.8 Å². The van der Waals surface area contributed by atoms with Crippen LogP contribution in [0.5, 0.6) is 0 Å². The van der Waals surface area contributed by atoms with Gasteiger partial charge < -0.3 is 40.8 Å². The Labute approximate surface area is 264 Å². The van der Waals surface area contributed by atoms with Crippen LogP contribution < -0.4 is 26.6 Å². The van der Waals surface area contributed by atoms with Crippen LogP contribution in [0.25, 0.3) is 0 Å². The molecule has 0 aliphatic heterocycles. The molecule has 0 saturated heterocycles. The molecule has 0 bridgehead atoms. The van der Waals surface area contributed by atoms with Gasteiger partial charge in [-0.05, 0) is 24.8 Å². The second-order valence-corrected chi connectivity index (χ2v) is 11.7. The minimum absolute atomic E-state index is 0.0213. The monoisotopic (exact) mass is 633 g/mol. The Balaban J connectivity index is 1.76. The standard InChI is InChI=1S/C31H47N5O9/c1-5-13-43-14-15-44-20-27(40)33-17-24(37)32-19-26(39)36-23(16-22-9-7-6-8-10-22)28(41)34-18-25(38)35-21-45-31(11-12-31)29(42)30(2,3)4/h6-10,23H,5,11-21H2,1-4H3,(H,32,37)(H,33,40)(H,34,41)(H,35,38)(H,36,39)/t23-/m0/s1. The van der Waals surface area contributed by atoms with Crippen LogP contribution in [0.3, 0.4) is 0 Å². The van der Waals surface area contributed by atoms with E-state index in [2.05, 4.69) is 26.6 Å². The fourth-order valence-electron chi connectivity index (χ4n) is 4.15. The van der Waals surface area contributed by atoms with E-state index < -0.39 is 53.1 Å². The van der Waals surface area contributed by atoms with E-state index in [-0.39, 0.29) is 45.2 Å². The first kappa shape index (κ1) is 37.3. The molecule has 0 aromatic heterocycles. The lowest BCUT2D eigenvalue weighted by atomic mass is 9.86. The Kier molecular flexibility index (Phi) is 15.6. The number of carbonyl (C=O) groups excluding carboxylic acids is 6. The number of rotatable bonds is 21. The molecule has 5 N–H and O–H groups in total. The van der Waals surface area contributed by atoms with Crippen molar-refractivity contribution >= 4 is 35.3 Å². The van der Waals surface area contributed by atoms with E-state index in [0.717, 1.165) is 12.0 Å². The number of nitrogens with one attached hydrogen (secondary N) is 5. The smallest absolute Gasteiger partial charge is 0.246 e. The molecule has 2 rings (SSSR count). The van der Waals surface area contributed by atoms with Crippen molar-refractivity contribution in [3.8, 4) is 0 Å². The van der Waals surface area contributed by atoms with Gasteiger partial charge in [0.15, 0.2) is 5.78 Å². The molecule has 5 amide bonds. The van der Waals surface area contributed by atoms with Gasteiger partial charge >= 0.3 is 0 Å². The van der Waals surface area contributed by atoms with E-state index in [0.29, 0.717) is 26.1 Å². The first-order valence-corrected chi connectivity index (χ1v) is 15.1. The molecule has 1 atom stereocenters. The predicted octanol–water partition coefficient (Wildman–Crippen LogP) is -0.256. The highest BCUT2D eigenvalue weighted by molar-refractivity contribution is 5.94. The highest BCUT2D eigenvalue weighted by atomic mass is 16.5. The molecule has 14 nitrogen and oxygen atoms in total. The lowest BCUT2D eigenvalue weighted by Gasteiger charge is -2.24. The maximum atomic E-state index is 13.0. The van der Waals surface area contributed by atoms with Crippen LogP contribution in [0.4, 0.5) is 0 Å². The summed E-state index contributed by atoms with van der Waals surface area (Å²) in [5.74, 6) is -2.90. The van der Waals surface area contributed by atoms with Gasteiger partial charge in [0.25, 0.3) is 0 Å². The summed E-state index contributed by atoms with van der Waals surface area (Å²) in [5, 5.41) is 12.4. The minimum atomic E-state index is -1.04. The number of ketones is 1. The van der Waals surface area contributed by atoms with Crippen molar-refractivity contribution in [1.29, 1.82) is 0 Å². The van der Waals surface area contributed by atoms with Crippen molar-refractivity contribution < 1.29 is 43.0 Å². The summed E-state index contributed by atoms with van der Waals surface area (Å²) < 4.78 is 16.1. The quantitative estimate of drug-likeness (QED) is 0.0897. The highest BCUT2D eigenvalue weighted by Gasteiger charge is 2.54. The van der Waals surface area contributed by atoms with Crippen LogP contribution in [0.2, 0.25) is 0 Å². The van der Waals surface area contributed by atoms with Gasteiger partial charge in [-0.1, -0.05) is 58.0 Å². The lowest BCUT2D eigenvalue weighted by Crippen LogP contribution is -2.52. The minimum Gasteiger partial charge on any atom is -0.379 e. The molecule has 45 heavy (non-hydrogen) atoms. The lowest BCUT2D eigenvalue weighted by molar-refractivity contribution is -0.143. The van der Waals surface area contributed by atoms with E-state index in [1.807, 2.05) is 33.8 Å². The van der Waals surface area contributed by atoms with Gasteiger partial charge in [-0.15, -0.1) is 0 Å². The van der Waals surface area contributed by atoms with E-state index in [1.165, 1.54) is 0 Å². The van der Waals surface area contributed by atoms with Crippen molar-refractivity contribution in [1.82, 2.24) is 26.6 Å². The maximum Gasteiger partial charge on any atom is 0.246 e. The molecule has 0 unspecified atom stereocenters. The Hall–Kier alpha value is -3.88. The van der Waals surface area contributed by atoms with Gasteiger partial charge in [0.1, 0.15) is 25.0 Å². The molecule has 0 radical (unpaired) electrons. The topological polar surface area (TPSA) is 190 Å². The molecular formula is C31H47N5O9. The number of hydrogen-bond donors (Lipinski definition) is 5. The van der Waals surface area contributed by atoms with E-state index in [1.54, 1.807) is 24.3 Å². The third-order valence-electron chi connectivity index (χ3n) is 6.62. The van der Waals surface area contributed by atoms with Gasteiger partial charge in [-0.25, -0.2) is 0 Å². The molecule has 1 saturated carbocycles. The Morgan fingerprint density at radius 1 is 0.778 bits per heavy atom. The second kappa shape index (κ2) is 18.8. The molecule has 250 valence electrons. The zero-order chi connectivity index (χ0) is 33.3. The van der Waals surface area contributed by atoms with Gasteiger partial charge in [-0.2, -0.15) is 0 Å². The molecule has 14 heteroatoms. The Morgan fingerprint density at radius 3 is 2.02 bits per heavy atom. The van der Waals surface area contributed by atoms with E-state index in [4.69, 9.17) is 14.2 Å². The van der Waals surface area contributed by atoms with Crippen LogP contribution in [0, 0.1) is 5.41 Å². The first-order valence-electron chi connectivity index (χ1n) is 15.1. The fraction of sp³-hybridized carbons (Fsp3) is 0.613. The third kappa shape index (κ3) is 14.6. The third-order valence-corrected chi connectivity index (χ3v) is 6.62. The second-order valence-electron chi connectivity index (χ2n) is 11.7. The van der Waals surface area contributed by atoms with Gasteiger partial charge in [0.05, 0.1) is 32.8 Å². The largest absolute Gasteiger partial charge is 0.379 e. The molecular weight excluding hydrogens is 586 g/mol. The summed E-state index contributed by atoms with van der Waals surface area (Å²) in [5.41, 5.74) is -0.678. The molecule has 1 aromatic carbocycles. The van der Waals surface area contributed by atoms with Crippen molar-refractivity contribution in [2.24, 2.45) is 5.41 Å². The van der Waals surface area contributed by atoms with Crippen LogP contribution in [-0.4, -0.2) is 99.8 Å². The van der Waals surface area contributed by atoms with Gasteiger partial charge in [0.2, 0.25) is 29.5 Å². The summed E-state index contributed by atoms with van der Waals surface area (Å²) in [6.45, 7) is 7.06. The predicted molar refractivity (Wildman–Crippen MR) is 164 cm³/mol. The highest BCUT2D eigenvalue weighted by Crippen LogP contribution is 2.44. The SMILES string of the molecule is CCCOCCOCC(=O)NCC(=O)NCC(=O)N[C@@H](Cc1ccccc1)C(=O)NCC(=O)NCOC1(C(=O)C(C)(C)C)CC1. The summed E-state index contributed by atoms with van der Waals surface area (Å²) in [7, 11) is 0. The normalized spacial score (nSPS) is 14.0. The zero-order valence-corrected chi connectivity index (χ0v) is 26.6. The summed E-state index contributed by atoms with van der Waals surface area (Å²) in [6.07, 6.45) is 2.20. The fourth-order valence-corrected chi connectivity index (χ4v) is 4.15.